The highest BCUT2D eigenvalue weighted by atomic mass is 16.5. The first kappa shape index (κ1) is 20.9. The summed E-state index contributed by atoms with van der Waals surface area (Å²) >= 11 is 0. The lowest BCUT2D eigenvalue weighted by Gasteiger charge is -2.47. The van der Waals surface area contributed by atoms with Crippen molar-refractivity contribution in [2.75, 3.05) is 20.7 Å². The van der Waals surface area contributed by atoms with Crippen LogP contribution in [-0.2, 0) is 4.74 Å². The van der Waals surface area contributed by atoms with E-state index in [-0.39, 0.29) is 22.1 Å². The average molecular weight is 301 g/mol. The van der Waals surface area contributed by atoms with Crippen molar-refractivity contribution in [1.82, 2.24) is 10.6 Å². The Labute approximate surface area is 133 Å². The van der Waals surface area contributed by atoms with Gasteiger partial charge in [-0.25, -0.2) is 0 Å². The van der Waals surface area contributed by atoms with Gasteiger partial charge in [0.05, 0.1) is 5.60 Å². The van der Waals surface area contributed by atoms with Crippen LogP contribution >= 0.6 is 0 Å². The van der Waals surface area contributed by atoms with Gasteiger partial charge in [-0.05, 0) is 73.4 Å². The van der Waals surface area contributed by atoms with Crippen molar-refractivity contribution in [3.63, 3.8) is 0 Å². The molecule has 2 N–H and O–H groups in total. The molecule has 128 valence electrons. The van der Waals surface area contributed by atoms with E-state index in [4.69, 9.17) is 4.74 Å². The van der Waals surface area contributed by atoms with E-state index in [1.807, 2.05) is 7.05 Å². The Kier molecular flexibility index (Phi) is 7.39. The molecule has 3 heteroatoms. The summed E-state index contributed by atoms with van der Waals surface area (Å²) in [7, 11) is 4.07. The van der Waals surface area contributed by atoms with Crippen molar-refractivity contribution in [2.45, 2.75) is 91.3 Å². The van der Waals surface area contributed by atoms with Gasteiger partial charge in [0.15, 0.2) is 0 Å². The lowest BCUT2D eigenvalue weighted by molar-refractivity contribution is -0.112. The Bertz CT molecular complexity index is 304. The Morgan fingerprint density at radius 2 is 1.38 bits per heavy atom. The van der Waals surface area contributed by atoms with Crippen molar-refractivity contribution >= 4 is 0 Å². The standard InChI is InChI=1S/C18H40N2O/c1-11-18(8,20-10)14-15(2,3)17(6,7)21-13-12-16(4,5)19-9/h19-20H,11-14H2,1-10H3. The van der Waals surface area contributed by atoms with E-state index in [2.05, 4.69) is 73.1 Å². The number of rotatable bonds is 10. The number of ether oxygens (including phenoxy) is 1. The predicted molar refractivity (Wildman–Crippen MR) is 93.9 cm³/mol. The van der Waals surface area contributed by atoms with Gasteiger partial charge in [0.25, 0.3) is 0 Å². The molecule has 1 atom stereocenters. The van der Waals surface area contributed by atoms with Gasteiger partial charge in [0.1, 0.15) is 0 Å². The van der Waals surface area contributed by atoms with Crippen LogP contribution in [0.25, 0.3) is 0 Å². The van der Waals surface area contributed by atoms with E-state index >= 15 is 0 Å². The fourth-order valence-electron chi connectivity index (χ4n) is 2.46. The monoisotopic (exact) mass is 300 g/mol. The molecule has 0 saturated carbocycles. The van der Waals surface area contributed by atoms with Gasteiger partial charge in [-0.2, -0.15) is 0 Å². The number of nitrogens with one attached hydrogen (secondary N) is 2. The van der Waals surface area contributed by atoms with Crippen molar-refractivity contribution in [2.24, 2.45) is 5.41 Å². The summed E-state index contributed by atoms with van der Waals surface area (Å²) in [5.41, 5.74) is 0.242. The van der Waals surface area contributed by atoms with Crippen LogP contribution in [0.4, 0.5) is 0 Å². The first-order chi connectivity index (χ1) is 9.35. The maximum atomic E-state index is 6.30. The van der Waals surface area contributed by atoms with Crippen LogP contribution in [0.2, 0.25) is 0 Å². The molecule has 0 bridgehead atoms. The van der Waals surface area contributed by atoms with Gasteiger partial charge in [0, 0.05) is 17.7 Å². The van der Waals surface area contributed by atoms with Crippen LogP contribution in [0.5, 0.6) is 0 Å². The van der Waals surface area contributed by atoms with Gasteiger partial charge in [-0.1, -0.05) is 20.8 Å². The van der Waals surface area contributed by atoms with E-state index in [1.54, 1.807) is 0 Å². The molecule has 0 aromatic rings. The molecule has 0 aliphatic carbocycles. The smallest absolute Gasteiger partial charge is 0.0677 e. The van der Waals surface area contributed by atoms with Gasteiger partial charge in [0.2, 0.25) is 0 Å². The Hall–Kier alpha value is -0.120. The van der Waals surface area contributed by atoms with Crippen molar-refractivity contribution in [3.8, 4) is 0 Å². The van der Waals surface area contributed by atoms with Crippen LogP contribution in [0.3, 0.4) is 0 Å². The zero-order chi connectivity index (χ0) is 16.9. The van der Waals surface area contributed by atoms with E-state index < -0.39 is 0 Å². The SMILES string of the molecule is CCC(C)(CC(C)(C)C(C)(C)OCCC(C)(C)NC)NC. The highest BCUT2D eigenvalue weighted by Gasteiger charge is 2.42. The first-order valence-electron chi connectivity index (χ1n) is 8.36. The molecule has 0 saturated heterocycles. The summed E-state index contributed by atoms with van der Waals surface area (Å²) in [5.74, 6) is 0. The maximum absolute atomic E-state index is 6.30. The zero-order valence-electron chi connectivity index (χ0n) is 16.2. The minimum absolute atomic E-state index is 0.102. The molecule has 0 radical (unpaired) electrons. The molecule has 21 heavy (non-hydrogen) atoms. The van der Waals surface area contributed by atoms with Crippen LogP contribution in [0, 0.1) is 5.41 Å². The molecule has 0 aromatic heterocycles. The molecule has 0 heterocycles. The van der Waals surface area contributed by atoms with E-state index in [0.717, 1.165) is 25.9 Å². The summed E-state index contributed by atoms with van der Waals surface area (Å²) in [5, 5.41) is 6.81. The minimum atomic E-state index is -0.149. The second-order valence-electron chi connectivity index (χ2n) is 8.47. The molecule has 0 fully saturated rings. The molecule has 0 aliphatic heterocycles. The second kappa shape index (κ2) is 7.43. The zero-order valence-corrected chi connectivity index (χ0v) is 16.2. The number of hydrogen-bond acceptors (Lipinski definition) is 3. The fraction of sp³-hybridized carbons (Fsp3) is 1.00. The molecule has 0 amide bonds. The van der Waals surface area contributed by atoms with Gasteiger partial charge >= 0.3 is 0 Å². The van der Waals surface area contributed by atoms with Crippen LogP contribution in [0.15, 0.2) is 0 Å². The molecule has 0 aromatic carbocycles. The Morgan fingerprint density at radius 1 is 0.857 bits per heavy atom. The molecular formula is C18H40N2O. The molecule has 0 aliphatic rings. The van der Waals surface area contributed by atoms with Crippen molar-refractivity contribution in [1.29, 1.82) is 0 Å². The lowest BCUT2D eigenvalue weighted by atomic mass is 9.68. The highest BCUT2D eigenvalue weighted by Crippen LogP contribution is 2.41. The van der Waals surface area contributed by atoms with Crippen LogP contribution in [0.1, 0.15) is 74.7 Å². The van der Waals surface area contributed by atoms with Gasteiger partial charge in [-0.3, -0.25) is 0 Å². The summed E-state index contributed by atoms with van der Waals surface area (Å²) in [6, 6.07) is 0. The number of hydrogen-bond donors (Lipinski definition) is 2. The summed E-state index contributed by atoms with van der Waals surface area (Å²) in [4.78, 5) is 0. The van der Waals surface area contributed by atoms with Gasteiger partial charge < -0.3 is 15.4 Å². The molecule has 3 nitrogen and oxygen atoms in total. The van der Waals surface area contributed by atoms with E-state index in [1.165, 1.54) is 0 Å². The molecule has 0 rings (SSSR count). The predicted octanol–water partition coefficient (Wildman–Crippen LogP) is 3.97. The average Bonchev–Trinajstić information content (AvgIpc) is 2.37. The van der Waals surface area contributed by atoms with Crippen molar-refractivity contribution in [3.05, 3.63) is 0 Å². The third kappa shape index (κ3) is 6.25. The quantitative estimate of drug-likeness (QED) is 0.640. The van der Waals surface area contributed by atoms with Crippen molar-refractivity contribution < 1.29 is 4.74 Å². The van der Waals surface area contributed by atoms with E-state index in [0.29, 0.717) is 0 Å². The Balaban J connectivity index is 4.72. The molecular weight excluding hydrogens is 260 g/mol. The molecule has 1 unspecified atom stereocenters. The third-order valence-electron chi connectivity index (χ3n) is 5.71. The summed E-state index contributed by atoms with van der Waals surface area (Å²) in [6.07, 6.45) is 3.23. The third-order valence-corrected chi connectivity index (χ3v) is 5.71. The normalized spacial score (nSPS) is 16.9. The second-order valence-corrected chi connectivity index (χ2v) is 8.47. The topological polar surface area (TPSA) is 33.3 Å². The summed E-state index contributed by atoms with van der Waals surface area (Å²) < 4.78 is 6.30. The largest absolute Gasteiger partial charge is 0.375 e. The summed E-state index contributed by atoms with van der Waals surface area (Å²) in [6.45, 7) is 18.9. The Morgan fingerprint density at radius 3 is 1.76 bits per heavy atom. The van der Waals surface area contributed by atoms with Crippen LogP contribution < -0.4 is 10.6 Å². The minimum Gasteiger partial charge on any atom is -0.375 e. The first-order valence-corrected chi connectivity index (χ1v) is 8.36. The van der Waals surface area contributed by atoms with Crippen LogP contribution in [-0.4, -0.2) is 37.4 Å². The maximum Gasteiger partial charge on any atom is 0.0677 e. The lowest BCUT2D eigenvalue weighted by Crippen LogP contribution is -2.51. The molecule has 0 spiro atoms. The van der Waals surface area contributed by atoms with E-state index in [9.17, 15) is 0 Å². The highest BCUT2D eigenvalue weighted by molar-refractivity contribution is 4.95. The fourth-order valence-corrected chi connectivity index (χ4v) is 2.46. The van der Waals surface area contributed by atoms with Gasteiger partial charge in [-0.15, -0.1) is 0 Å².